The van der Waals surface area contributed by atoms with Crippen LogP contribution in [0, 0.1) is 5.92 Å². The Balaban J connectivity index is 2.14. The zero-order valence-electron chi connectivity index (χ0n) is 14.7. The van der Waals surface area contributed by atoms with E-state index in [1.807, 2.05) is 20.8 Å². The summed E-state index contributed by atoms with van der Waals surface area (Å²) in [5.74, 6) is -0.426. The molecule has 0 spiro atoms. The topological polar surface area (TPSA) is 63.7 Å². The molecule has 7 heteroatoms. The third kappa shape index (κ3) is 3.27. The molecule has 2 aliphatic heterocycles. The number of esters is 1. The summed E-state index contributed by atoms with van der Waals surface area (Å²) in [6.45, 7) is 12.8. The SMILES string of the molecule is CC(C)OC(=O)C(C)(C)SC(=O)[C@@H]1N2C(=O)[C@@H](C)[C@H]2SC1(C)C. The fraction of sp³-hybridized carbons (Fsp3) is 0.812. The Morgan fingerprint density at radius 3 is 2.43 bits per heavy atom. The second kappa shape index (κ2) is 5.99. The highest BCUT2D eigenvalue weighted by Gasteiger charge is 2.62. The molecule has 0 aromatic rings. The van der Waals surface area contributed by atoms with Crippen LogP contribution in [-0.4, -0.2) is 48.9 Å². The van der Waals surface area contributed by atoms with Crippen LogP contribution in [0.4, 0.5) is 0 Å². The van der Waals surface area contributed by atoms with E-state index in [9.17, 15) is 14.4 Å². The van der Waals surface area contributed by atoms with E-state index in [2.05, 4.69) is 0 Å². The van der Waals surface area contributed by atoms with Gasteiger partial charge in [-0.15, -0.1) is 11.8 Å². The molecule has 5 nitrogen and oxygen atoms in total. The average molecular weight is 360 g/mol. The number of amides is 1. The van der Waals surface area contributed by atoms with E-state index in [0.29, 0.717) is 0 Å². The summed E-state index contributed by atoms with van der Waals surface area (Å²) in [6.07, 6.45) is -0.224. The van der Waals surface area contributed by atoms with Crippen molar-refractivity contribution in [1.29, 1.82) is 0 Å². The molecule has 2 fully saturated rings. The maximum Gasteiger partial charge on any atom is 0.322 e. The summed E-state index contributed by atoms with van der Waals surface area (Å²) in [4.78, 5) is 38.9. The first-order valence-electron chi connectivity index (χ1n) is 7.82. The molecule has 0 bridgehead atoms. The summed E-state index contributed by atoms with van der Waals surface area (Å²) < 4.78 is 3.91. The van der Waals surface area contributed by atoms with Crippen molar-refractivity contribution in [1.82, 2.24) is 4.90 Å². The predicted octanol–water partition coefficient (Wildman–Crippen LogP) is 2.67. The van der Waals surface area contributed by atoms with Crippen LogP contribution < -0.4 is 0 Å². The smallest absolute Gasteiger partial charge is 0.322 e. The average Bonchev–Trinajstić information content (AvgIpc) is 2.65. The van der Waals surface area contributed by atoms with Gasteiger partial charge in [-0.2, -0.15) is 0 Å². The lowest BCUT2D eigenvalue weighted by molar-refractivity contribution is -0.154. The van der Waals surface area contributed by atoms with Crippen molar-refractivity contribution >= 4 is 40.5 Å². The number of carbonyl (C=O) groups is 3. The van der Waals surface area contributed by atoms with Gasteiger partial charge in [-0.05, 0) is 41.5 Å². The van der Waals surface area contributed by atoms with E-state index in [4.69, 9.17) is 4.74 Å². The molecule has 3 atom stereocenters. The van der Waals surface area contributed by atoms with E-state index >= 15 is 0 Å². The predicted molar refractivity (Wildman–Crippen MR) is 93.2 cm³/mol. The molecule has 2 rings (SSSR count). The van der Waals surface area contributed by atoms with Crippen LogP contribution in [0.1, 0.15) is 48.5 Å². The Morgan fingerprint density at radius 2 is 1.91 bits per heavy atom. The summed E-state index contributed by atoms with van der Waals surface area (Å²) in [6, 6.07) is -0.502. The van der Waals surface area contributed by atoms with Gasteiger partial charge in [-0.25, -0.2) is 0 Å². The summed E-state index contributed by atoms with van der Waals surface area (Å²) in [5.41, 5.74) is 0. The molecular formula is C16H25NO4S2. The largest absolute Gasteiger partial charge is 0.462 e. The van der Waals surface area contributed by atoms with Gasteiger partial charge in [-0.1, -0.05) is 18.7 Å². The molecule has 0 N–H and O–H groups in total. The van der Waals surface area contributed by atoms with Gasteiger partial charge in [0.15, 0.2) is 0 Å². The lowest BCUT2D eigenvalue weighted by Gasteiger charge is -2.43. The van der Waals surface area contributed by atoms with Crippen molar-refractivity contribution < 1.29 is 19.1 Å². The molecule has 0 radical (unpaired) electrons. The van der Waals surface area contributed by atoms with Gasteiger partial charge in [0.25, 0.3) is 0 Å². The third-order valence-electron chi connectivity index (χ3n) is 4.12. The highest BCUT2D eigenvalue weighted by atomic mass is 32.2. The molecule has 0 aliphatic carbocycles. The first-order chi connectivity index (χ1) is 10.4. The van der Waals surface area contributed by atoms with Crippen molar-refractivity contribution in [2.45, 2.75) is 75.5 Å². The lowest BCUT2D eigenvalue weighted by Crippen LogP contribution is -2.61. The van der Waals surface area contributed by atoms with Gasteiger partial charge < -0.3 is 9.64 Å². The second-order valence-electron chi connectivity index (χ2n) is 7.43. The molecular weight excluding hydrogens is 334 g/mol. The lowest BCUT2D eigenvalue weighted by atomic mass is 9.94. The van der Waals surface area contributed by atoms with E-state index in [1.165, 1.54) is 0 Å². The molecule has 0 aromatic heterocycles. The Kier molecular flexibility index (Phi) is 4.86. The fourth-order valence-electron chi connectivity index (χ4n) is 2.89. The van der Waals surface area contributed by atoms with Crippen molar-refractivity contribution in [3.63, 3.8) is 0 Å². The number of ether oxygens (including phenoxy) is 1. The zero-order chi connectivity index (χ0) is 17.7. The Hall–Kier alpha value is -0.690. The van der Waals surface area contributed by atoms with Gasteiger partial charge in [0.1, 0.15) is 10.8 Å². The van der Waals surface area contributed by atoms with Crippen LogP contribution in [0.15, 0.2) is 0 Å². The van der Waals surface area contributed by atoms with Gasteiger partial charge in [0, 0.05) is 4.75 Å². The van der Waals surface area contributed by atoms with Crippen LogP contribution in [0.25, 0.3) is 0 Å². The standard InChI is InChI=1S/C16H25NO4S2/c1-8(2)21-14(20)16(6,7)23-13(19)10-15(4,5)22-12-9(3)11(18)17(10)12/h8-10,12H,1-7H3/t9-,10+,12-/m1/s1. The Morgan fingerprint density at radius 1 is 1.35 bits per heavy atom. The van der Waals surface area contributed by atoms with E-state index in [0.717, 1.165) is 11.8 Å². The molecule has 2 aliphatic rings. The van der Waals surface area contributed by atoms with Gasteiger partial charge >= 0.3 is 5.97 Å². The molecule has 130 valence electrons. The second-order valence-corrected chi connectivity index (χ2v) is 10.8. The molecule has 2 saturated heterocycles. The third-order valence-corrected chi connectivity index (χ3v) is 6.93. The number of carbonyl (C=O) groups excluding carboxylic acids is 3. The maximum atomic E-state index is 12.9. The molecule has 1 amide bonds. The number of nitrogens with zero attached hydrogens (tertiary/aromatic N) is 1. The summed E-state index contributed by atoms with van der Waals surface area (Å²) in [5, 5.41) is -0.0752. The van der Waals surface area contributed by atoms with Crippen molar-refractivity contribution in [3.8, 4) is 0 Å². The minimum atomic E-state index is -0.973. The maximum absolute atomic E-state index is 12.9. The minimum Gasteiger partial charge on any atom is -0.462 e. The summed E-state index contributed by atoms with van der Waals surface area (Å²) in [7, 11) is 0. The number of rotatable bonds is 4. The Bertz CT molecular complexity index is 544. The highest BCUT2D eigenvalue weighted by molar-refractivity contribution is 8.15. The number of β-lactam (4-membered cyclic amide) rings is 1. The molecule has 0 unspecified atom stereocenters. The normalized spacial score (nSPS) is 29.3. The van der Waals surface area contributed by atoms with Crippen LogP contribution in [0.5, 0.6) is 0 Å². The number of hydrogen-bond acceptors (Lipinski definition) is 6. The van der Waals surface area contributed by atoms with Crippen LogP contribution in [-0.2, 0) is 19.1 Å². The first-order valence-corrected chi connectivity index (χ1v) is 9.52. The highest BCUT2D eigenvalue weighted by Crippen LogP contribution is 2.54. The summed E-state index contributed by atoms with van der Waals surface area (Å²) >= 11 is 2.64. The van der Waals surface area contributed by atoms with E-state index < -0.39 is 16.8 Å². The Labute approximate surface area is 146 Å². The van der Waals surface area contributed by atoms with Crippen LogP contribution in [0.3, 0.4) is 0 Å². The quantitative estimate of drug-likeness (QED) is 0.568. The van der Waals surface area contributed by atoms with E-state index in [-0.39, 0.29) is 33.2 Å². The minimum absolute atomic E-state index is 0.0228. The zero-order valence-corrected chi connectivity index (χ0v) is 16.3. The number of fused-ring (bicyclic) bond motifs is 1. The van der Waals surface area contributed by atoms with Crippen LogP contribution in [0.2, 0.25) is 0 Å². The van der Waals surface area contributed by atoms with Crippen molar-refractivity contribution in [3.05, 3.63) is 0 Å². The molecule has 0 aromatic carbocycles. The molecule has 23 heavy (non-hydrogen) atoms. The monoisotopic (exact) mass is 359 g/mol. The van der Waals surface area contributed by atoms with Crippen LogP contribution >= 0.6 is 23.5 Å². The number of thioether (sulfide) groups is 2. The first kappa shape index (κ1) is 18.6. The molecule has 2 heterocycles. The number of hydrogen-bond donors (Lipinski definition) is 0. The molecule has 0 saturated carbocycles. The van der Waals surface area contributed by atoms with Gasteiger partial charge in [-0.3, -0.25) is 14.4 Å². The van der Waals surface area contributed by atoms with Gasteiger partial charge in [0.05, 0.1) is 17.4 Å². The van der Waals surface area contributed by atoms with Crippen molar-refractivity contribution in [2.75, 3.05) is 0 Å². The van der Waals surface area contributed by atoms with E-state index in [1.54, 1.807) is 44.4 Å². The fourth-order valence-corrected chi connectivity index (χ4v) is 5.75. The van der Waals surface area contributed by atoms with Gasteiger partial charge in [0.2, 0.25) is 11.0 Å². The van der Waals surface area contributed by atoms with Crippen molar-refractivity contribution in [2.24, 2.45) is 5.92 Å².